The van der Waals surface area contributed by atoms with E-state index in [-0.39, 0.29) is 12.0 Å². The molecule has 2 aromatic heterocycles. The molecule has 2 aliphatic rings. The zero-order valence-corrected chi connectivity index (χ0v) is 15.7. The first-order valence-electron chi connectivity index (χ1n) is 9.43. The summed E-state index contributed by atoms with van der Waals surface area (Å²) >= 11 is 0. The lowest BCUT2D eigenvalue weighted by atomic mass is 10.0. The molecule has 4 rings (SSSR count). The van der Waals surface area contributed by atoms with E-state index in [0.29, 0.717) is 13.2 Å². The van der Waals surface area contributed by atoms with Crippen LogP contribution in [0.15, 0.2) is 4.52 Å². The maximum Gasteiger partial charge on any atom is 0.257 e. The summed E-state index contributed by atoms with van der Waals surface area (Å²) in [6.45, 7) is 8.53. The van der Waals surface area contributed by atoms with Gasteiger partial charge >= 0.3 is 0 Å². The molecule has 0 N–H and O–H groups in total. The van der Waals surface area contributed by atoms with Crippen LogP contribution in [-0.4, -0.2) is 44.9 Å². The number of hydrogen-bond acceptors (Lipinski definition) is 5. The van der Waals surface area contributed by atoms with E-state index in [9.17, 15) is 4.79 Å². The highest BCUT2D eigenvalue weighted by molar-refractivity contribution is 5.96. The van der Waals surface area contributed by atoms with Crippen molar-refractivity contribution in [2.75, 3.05) is 13.1 Å². The molecule has 0 saturated carbocycles. The van der Waals surface area contributed by atoms with Crippen LogP contribution in [0.3, 0.4) is 0 Å². The van der Waals surface area contributed by atoms with E-state index in [1.807, 2.05) is 30.4 Å². The summed E-state index contributed by atoms with van der Waals surface area (Å²) in [6.07, 6.45) is 4.14. The van der Waals surface area contributed by atoms with Gasteiger partial charge in [0, 0.05) is 25.2 Å². The van der Waals surface area contributed by atoms with Crippen LogP contribution in [0.1, 0.15) is 58.0 Å². The summed E-state index contributed by atoms with van der Waals surface area (Å²) in [6, 6.07) is 0. The van der Waals surface area contributed by atoms with Gasteiger partial charge in [-0.2, -0.15) is 5.10 Å². The van der Waals surface area contributed by atoms with Crippen LogP contribution in [-0.2, 0) is 24.3 Å². The topological polar surface area (TPSA) is 73.4 Å². The summed E-state index contributed by atoms with van der Waals surface area (Å²) in [5, 5.41) is 8.53. The average molecular weight is 358 g/mol. The summed E-state index contributed by atoms with van der Waals surface area (Å²) in [5.74, 6) is 0.907. The fourth-order valence-corrected chi connectivity index (χ4v) is 4.02. The molecule has 0 aromatic carbocycles. The minimum Gasteiger partial charge on any atom is -0.371 e. The van der Waals surface area contributed by atoms with Crippen molar-refractivity contribution in [3.8, 4) is 0 Å². The Hall–Kier alpha value is -2.15. The molecule has 140 valence electrons. The molecule has 7 nitrogen and oxygen atoms in total. The molecule has 1 saturated heterocycles. The molecule has 2 aliphatic heterocycles. The third-order valence-corrected chi connectivity index (χ3v) is 5.56. The monoisotopic (exact) mass is 358 g/mol. The van der Waals surface area contributed by atoms with Gasteiger partial charge in [0.05, 0.1) is 35.4 Å². The lowest BCUT2D eigenvalue weighted by Gasteiger charge is -2.19. The standard InChI is InChI=1S/C19H26N4O3/c1-12-16(14(3)26-21-12)11-25-15-7-9-22(10-15)19(24)18-13(2)20-23-8-5-4-6-17(18)23/h15H,4-11H2,1-3H3. The van der Waals surface area contributed by atoms with Crippen molar-refractivity contribution in [2.45, 2.75) is 65.7 Å². The van der Waals surface area contributed by atoms with Crippen LogP contribution < -0.4 is 0 Å². The van der Waals surface area contributed by atoms with Crippen molar-refractivity contribution in [3.63, 3.8) is 0 Å². The number of amides is 1. The van der Waals surface area contributed by atoms with Crippen molar-refractivity contribution in [1.29, 1.82) is 0 Å². The van der Waals surface area contributed by atoms with Gasteiger partial charge in [-0.05, 0) is 46.5 Å². The Morgan fingerprint density at radius 1 is 1.23 bits per heavy atom. The highest BCUT2D eigenvalue weighted by Crippen LogP contribution is 2.25. The van der Waals surface area contributed by atoms with Gasteiger partial charge in [-0.3, -0.25) is 9.48 Å². The fourth-order valence-electron chi connectivity index (χ4n) is 4.02. The van der Waals surface area contributed by atoms with Gasteiger partial charge in [0.15, 0.2) is 0 Å². The number of hydrogen-bond donors (Lipinski definition) is 0. The summed E-state index contributed by atoms with van der Waals surface area (Å²) < 4.78 is 13.2. The molecule has 0 bridgehead atoms. The maximum atomic E-state index is 13.1. The Balaban J connectivity index is 1.41. The van der Waals surface area contributed by atoms with Crippen molar-refractivity contribution in [1.82, 2.24) is 19.8 Å². The van der Waals surface area contributed by atoms with Crippen LogP contribution in [0.5, 0.6) is 0 Å². The SMILES string of the molecule is Cc1noc(C)c1COC1CCN(C(=O)c2c(C)nn3c2CCCC3)C1. The molecule has 0 radical (unpaired) electrons. The molecule has 0 spiro atoms. The number of carbonyl (C=O) groups excluding carboxylic acids is 1. The van der Waals surface area contributed by atoms with Crippen LogP contribution in [0.2, 0.25) is 0 Å². The predicted octanol–water partition coefficient (Wildman–Crippen LogP) is 2.56. The lowest BCUT2D eigenvalue weighted by molar-refractivity contribution is 0.0430. The van der Waals surface area contributed by atoms with E-state index in [1.165, 1.54) is 0 Å². The second-order valence-electron chi connectivity index (χ2n) is 7.36. The van der Waals surface area contributed by atoms with Crippen LogP contribution in [0, 0.1) is 20.8 Å². The van der Waals surface area contributed by atoms with E-state index < -0.39 is 0 Å². The Kier molecular flexibility index (Phi) is 4.56. The number of aromatic nitrogens is 3. The van der Waals surface area contributed by atoms with Gasteiger partial charge < -0.3 is 14.2 Å². The van der Waals surface area contributed by atoms with Gasteiger partial charge in [-0.25, -0.2) is 0 Å². The third-order valence-electron chi connectivity index (χ3n) is 5.56. The molecular weight excluding hydrogens is 332 g/mol. The minimum absolute atomic E-state index is 0.0550. The molecule has 26 heavy (non-hydrogen) atoms. The summed E-state index contributed by atoms with van der Waals surface area (Å²) in [5.41, 5.74) is 4.66. The summed E-state index contributed by atoms with van der Waals surface area (Å²) in [4.78, 5) is 15.0. The average Bonchev–Trinajstić information content (AvgIpc) is 3.30. The Bertz CT molecular complexity index is 804. The number of rotatable bonds is 4. The Labute approximate surface area is 153 Å². The number of aryl methyl sites for hydroxylation is 4. The van der Waals surface area contributed by atoms with Gasteiger partial charge in [0.1, 0.15) is 5.76 Å². The van der Waals surface area contributed by atoms with Gasteiger partial charge in [0.2, 0.25) is 0 Å². The van der Waals surface area contributed by atoms with Crippen molar-refractivity contribution >= 4 is 5.91 Å². The highest BCUT2D eigenvalue weighted by Gasteiger charge is 2.32. The molecule has 0 aliphatic carbocycles. The molecule has 4 heterocycles. The van der Waals surface area contributed by atoms with Crippen molar-refractivity contribution in [3.05, 3.63) is 34.0 Å². The molecule has 1 unspecified atom stereocenters. The quantitative estimate of drug-likeness (QED) is 0.840. The fraction of sp³-hybridized carbons (Fsp3) is 0.632. The van der Waals surface area contributed by atoms with Gasteiger partial charge in [0.25, 0.3) is 5.91 Å². The normalized spacial score (nSPS) is 19.8. The number of nitrogens with zero attached hydrogens (tertiary/aromatic N) is 4. The lowest BCUT2D eigenvalue weighted by Crippen LogP contribution is -2.31. The van der Waals surface area contributed by atoms with Crippen LogP contribution >= 0.6 is 0 Å². The molecule has 1 amide bonds. The molecular formula is C19H26N4O3. The second kappa shape index (κ2) is 6.87. The van der Waals surface area contributed by atoms with Crippen molar-refractivity contribution < 1.29 is 14.1 Å². The zero-order valence-electron chi connectivity index (χ0n) is 15.7. The predicted molar refractivity (Wildman–Crippen MR) is 95.0 cm³/mol. The molecule has 1 atom stereocenters. The zero-order chi connectivity index (χ0) is 18.3. The van der Waals surface area contributed by atoms with Crippen LogP contribution in [0.25, 0.3) is 0 Å². The number of ether oxygens (including phenoxy) is 1. The van der Waals surface area contributed by atoms with Gasteiger partial charge in [-0.15, -0.1) is 0 Å². The third kappa shape index (κ3) is 3.05. The van der Waals surface area contributed by atoms with E-state index in [0.717, 1.165) is 72.7 Å². The summed E-state index contributed by atoms with van der Waals surface area (Å²) in [7, 11) is 0. The molecule has 2 aromatic rings. The van der Waals surface area contributed by atoms with E-state index in [2.05, 4.69) is 10.3 Å². The first-order valence-corrected chi connectivity index (χ1v) is 9.43. The number of fused-ring (bicyclic) bond motifs is 1. The number of carbonyl (C=O) groups is 1. The first-order chi connectivity index (χ1) is 12.5. The smallest absolute Gasteiger partial charge is 0.257 e. The minimum atomic E-state index is 0.0550. The Morgan fingerprint density at radius 2 is 2.08 bits per heavy atom. The van der Waals surface area contributed by atoms with E-state index >= 15 is 0 Å². The van der Waals surface area contributed by atoms with Crippen molar-refractivity contribution in [2.24, 2.45) is 0 Å². The Morgan fingerprint density at radius 3 is 2.85 bits per heavy atom. The van der Waals surface area contributed by atoms with Crippen LogP contribution in [0.4, 0.5) is 0 Å². The molecule has 7 heteroatoms. The van der Waals surface area contributed by atoms with E-state index in [4.69, 9.17) is 9.26 Å². The maximum absolute atomic E-state index is 13.1. The molecule has 1 fully saturated rings. The number of likely N-dealkylation sites (tertiary alicyclic amines) is 1. The van der Waals surface area contributed by atoms with E-state index in [1.54, 1.807) is 0 Å². The second-order valence-corrected chi connectivity index (χ2v) is 7.36. The van der Waals surface area contributed by atoms with Gasteiger partial charge in [-0.1, -0.05) is 5.16 Å². The largest absolute Gasteiger partial charge is 0.371 e. The highest BCUT2D eigenvalue weighted by atomic mass is 16.5. The first kappa shape index (κ1) is 17.3.